The SMILES string of the molecule is COCCOc1ccc(Nc2nc3cc(C)nn3c3ccccc23)cc1. The second kappa shape index (κ2) is 7.01. The summed E-state index contributed by atoms with van der Waals surface area (Å²) in [6, 6.07) is 17.9. The number of hydrogen-bond acceptors (Lipinski definition) is 5. The van der Waals surface area contributed by atoms with Gasteiger partial charge in [-0.1, -0.05) is 12.1 Å². The van der Waals surface area contributed by atoms with Gasteiger partial charge < -0.3 is 14.8 Å². The molecule has 2 aromatic carbocycles. The lowest BCUT2D eigenvalue weighted by atomic mass is 10.2. The Morgan fingerprint density at radius 2 is 1.85 bits per heavy atom. The van der Waals surface area contributed by atoms with E-state index in [9.17, 15) is 0 Å². The number of nitrogens with one attached hydrogen (secondary N) is 1. The third-order valence-electron chi connectivity index (χ3n) is 4.10. The first-order valence-electron chi connectivity index (χ1n) is 8.48. The third kappa shape index (κ3) is 3.19. The van der Waals surface area contributed by atoms with E-state index in [1.165, 1.54) is 0 Å². The van der Waals surface area contributed by atoms with Crippen molar-refractivity contribution >= 4 is 28.1 Å². The zero-order chi connectivity index (χ0) is 17.9. The fraction of sp³-hybridized carbons (Fsp3) is 0.200. The number of para-hydroxylation sites is 1. The number of aryl methyl sites for hydroxylation is 1. The minimum absolute atomic E-state index is 0.534. The van der Waals surface area contributed by atoms with Crippen LogP contribution in [0.25, 0.3) is 16.6 Å². The molecule has 0 saturated heterocycles. The van der Waals surface area contributed by atoms with Crippen LogP contribution in [0.4, 0.5) is 11.5 Å². The van der Waals surface area contributed by atoms with Gasteiger partial charge in [0.2, 0.25) is 0 Å². The van der Waals surface area contributed by atoms with Crippen LogP contribution in [0.15, 0.2) is 54.6 Å². The molecule has 1 N–H and O–H groups in total. The first kappa shape index (κ1) is 16.4. The summed E-state index contributed by atoms with van der Waals surface area (Å²) in [5.41, 5.74) is 3.73. The summed E-state index contributed by atoms with van der Waals surface area (Å²) in [5, 5.41) is 8.96. The molecule has 0 spiro atoms. The van der Waals surface area contributed by atoms with Crippen molar-refractivity contribution in [3.63, 3.8) is 0 Å². The molecule has 26 heavy (non-hydrogen) atoms. The zero-order valence-corrected chi connectivity index (χ0v) is 14.8. The van der Waals surface area contributed by atoms with Crippen LogP contribution in [-0.4, -0.2) is 34.9 Å². The number of methoxy groups -OCH3 is 1. The molecular weight excluding hydrogens is 328 g/mol. The Labute approximate surface area is 151 Å². The maximum atomic E-state index is 5.60. The average molecular weight is 348 g/mol. The number of benzene rings is 2. The fourth-order valence-corrected chi connectivity index (χ4v) is 2.89. The topological polar surface area (TPSA) is 60.7 Å². The molecule has 0 radical (unpaired) electrons. The van der Waals surface area contributed by atoms with E-state index in [0.29, 0.717) is 13.2 Å². The number of fused-ring (bicyclic) bond motifs is 3. The largest absolute Gasteiger partial charge is 0.491 e. The van der Waals surface area contributed by atoms with Crippen LogP contribution in [-0.2, 0) is 4.74 Å². The van der Waals surface area contributed by atoms with Crippen molar-refractivity contribution < 1.29 is 9.47 Å². The van der Waals surface area contributed by atoms with E-state index in [-0.39, 0.29) is 0 Å². The van der Waals surface area contributed by atoms with Gasteiger partial charge in [0, 0.05) is 24.2 Å². The van der Waals surface area contributed by atoms with Gasteiger partial charge in [0.25, 0.3) is 0 Å². The van der Waals surface area contributed by atoms with Crippen molar-refractivity contribution in [2.45, 2.75) is 6.92 Å². The highest BCUT2D eigenvalue weighted by atomic mass is 16.5. The second-order valence-electron chi connectivity index (χ2n) is 6.02. The number of aromatic nitrogens is 3. The van der Waals surface area contributed by atoms with Gasteiger partial charge in [-0.2, -0.15) is 5.10 Å². The Morgan fingerprint density at radius 1 is 1.04 bits per heavy atom. The van der Waals surface area contributed by atoms with Crippen LogP contribution >= 0.6 is 0 Å². The van der Waals surface area contributed by atoms with E-state index in [0.717, 1.165) is 39.5 Å². The average Bonchev–Trinajstić information content (AvgIpc) is 3.04. The highest BCUT2D eigenvalue weighted by Gasteiger charge is 2.10. The molecule has 0 atom stereocenters. The molecule has 6 heteroatoms. The summed E-state index contributed by atoms with van der Waals surface area (Å²) in [6.07, 6.45) is 0. The van der Waals surface area contributed by atoms with Gasteiger partial charge >= 0.3 is 0 Å². The summed E-state index contributed by atoms with van der Waals surface area (Å²) in [5.74, 6) is 1.62. The fourth-order valence-electron chi connectivity index (χ4n) is 2.89. The van der Waals surface area contributed by atoms with Crippen LogP contribution in [0.1, 0.15) is 5.69 Å². The third-order valence-corrected chi connectivity index (χ3v) is 4.10. The van der Waals surface area contributed by atoms with Gasteiger partial charge in [-0.15, -0.1) is 0 Å². The van der Waals surface area contributed by atoms with Crippen molar-refractivity contribution in [2.75, 3.05) is 25.6 Å². The minimum Gasteiger partial charge on any atom is -0.491 e. The number of nitrogens with zero attached hydrogens (tertiary/aromatic N) is 3. The van der Waals surface area contributed by atoms with Gasteiger partial charge in [0.1, 0.15) is 18.2 Å². The lowest BCUT2D eigenvalue weighted by molar-refractivity contribution is 0.146. The van der Waals surface area contributed by atoms with Crippen LogP contribution in [0.3, 0.4) is 0 Å². The van der Waals surface area contributed by atoms with Crippen molar-refractivity contribution in [3.8, 4) is 5.75 Å². The Bertz CT molecular complexity index is 1040. The van der Waals surface area contributed by atoms with Gasteiger partial charge in [-0.25, -0.2) is 9.50 Å². The predicted molar refractivity (Wildman–Crippen MR) is 102 cm³/mol. The molecule has 0 fully saturated rings. The van der Waals surface area contributed by atoms with E-state index in [4.69, 9.17) is 14.5 Å². The molecule has 0 aliphatic carbocycles. The second-order valence-corrected chi connectivity index (χ2v) is 6.02. The molecule has 4 aromatic rings. The smallest absolute Gasteiger partial charge is 0.158 e. The normalized spacial score (nSPS) is 11.2. The lowest BCUT2D eigenvalue weighted by Crippen LogP contribution is -2.04. The molecule has 0 saturated carbocycles. The Balaban J connectivity index is 1.66. The van der Waals surface area contributed by atoms with Crippen molar-refractivity contribution in [2.24, 2.45) is 0 Å². The van der Waals surface area contributed by atoms with Gasteiger partial charge in [0.15, 0.2) is 5.65 Å². The standard InChI is InChI=1S/C20H20N4O2/c1-14-13-19-22-20(17-5-3-4-6-18(17)24(19)23-14)21-15-7-9-16(10-8-15)26-12-11-25-2/h3-10,13H,11-12H2,1-2H3,(H,21,22). The van der Waals surface area contributed by atoms with Gasteiger partial charge in [0.05, 0.1) is 17.8 Å². The maximum absolute atomic E-state index is 5.60. The molecule has 0 aliphatic heterocycles. The molecule has 0 aliphatic rings. The summed E-state index contributed by atoms with van der Waals surface area (Å²) in [7, 11) is 1.66. The van der Waals surface area contributed by atoms with Crippen molar-refractivity contribution in [3.05, 3.63) is 60.3 Å². The predicted octanol–water partition coefficient (Wildman–Crippen LogP) is 3.96. The van der Waals surface area contributed by atoms with Crippen LogP contribution < -0.4 is 10.1 Å². The Hall–Kier alpha value is -3.12. The number of hydrogen-bond donors (Lipinski definition) is 1. The molecule has 4 rings (SSSR count). The highest BCUT2D eigenvalue weighted by molar-refractivity contribution is 5.92. The van der Waals surface area contributed by atoms with E-state index in [1.807, 2.05) is 66.0 Å². The summed E-state index contributed by atoms with van der Waals surface area (Å²) in [6.45, 7) is 3.08. The van der Waals surface area contributed by atoms with Crippen LogP contribution in [0, 0.1) is 6.92 Å². The molecule has 6 nitrogen and oxygen atoms in total. The van der Waals surface area contributed by atoms with E-state index in [1.54, 1.807) is 7.11 Å². The molecule has 132 valence electrons. The molecule has 2 aromatic heterocycles. The number of anilines is 2. The van der Waals surface area contributed by atoms with Crippen molar-refractivity contribution in [1.29, 1.82) is 0 Å². The monoisotopic (exact) mass is 348 g/mol. The maximum Gasteiger partial charge on any atom is 0.158 e. The minimum atomic E-state index is 0.534. The first-order valence-corrected chi connectivity index (χ1v) is 8.48. The molecular formula is C20H20N4O2. The van der Waals surface area contributed by atoms with Crippen LogP contribution in [0.5, 0.6) is 5.75 Å². The Kier molecular flexibility index (Phi) is 4.41. The first-order chi connectivity index (χ1) is 12.7. The summed E-state index contributed by atoms with van der Waals surface area (Å²) in [4.78, 5) is 4.74. The quantitative estimate of drug-likeness (QED) is 0.535. The van der Waals surface area contributed by atoms with Gasteiger partial charge in [-0.05, 0) is 43.3 Å². The summed E-state index contributed by atoms with van der Waals surface area (Å²) >= 11 is 0. The highest BCUT2D eigenvalue weighted by Crippen LogP contribution is 2.27. The van der Waals surface area contributed by atoms with E-state index < -0.39 is 0 Å². The van der Waals surface area contributed by atoms with E-state index in [2.05, 4.69) is 10.4 Å². The lowest BCUT2D eigenvalue weighted by Gasteiger charge is -2.11. The number of rotatable bonds is 6. The molecule has 0 unspecified atom stereocenters. The van der Waals surface area contributed by atoms with Gasteiger partial charge in [-0.3, -0.25) is 0 Å². The van der Waals surface area contributed by atoms with E-state index >= 15 is 0 Å². The molecule has 2 heterocycles. The van der Waals surface area contributed by atoms with Crippen molar-refractivity contribution in [1.82, 2.24) is 14.6 Å². The summed E-state index contributed by atoms with van der Waals surface area (Å²) < 4.78 is 12.5. The number of ether oxygens (including phenoxy) is 2. The van der Waals surface area contributed by atoms with Crippen LogP contribution in [0.2, 0.25) is 0 Å². The Morgan fingerprint density at radius 3 is 2.65 bits per heavy atom. The molecule has 0 bridgehead atoms. The molecule has 0 amide bonds. The zero-order valence-electron chi connectivity index (χ0n) is 14.8.